The summed E-state index contributed by atoms with van der Waals surface area (Å²) in [5.41, 5.74) is 0. The van der Waals surface area contributed by atoms with Crippen molar-refractivity contribution in [2.24, 2.45) is 0 Å². The van der Waals surface area contributed by atoms with Gasteiger partial charge in [-0.2, -0.15) is 5.26 Å². The number of thioether (sulfide) groups is 1. The van der Waals surface area contributed by atoms with Crippen LogP contribution in [-0.2, 0) is 0 Å². The quantitative estimate of drug-likeness (QED) is 0.729. The van der Waals surface area contributed by atoms with Crippen LogP contribution >= 0.6 is 23.4 Å². The first-order chi connectivity index (χ1) is 7.72. The number of hydrogen-bond donors (Lipinski definition) is 0. The lowest BCUT2D eigenvalue weighted by Crippen LogP contribution is -2.22. The number of nitrogens with zero attached hydrogens (tertiary/aromatic N) is 2. The van der Waals surface area contributed by atoms with Gasteiger partial charge in [0.1, 0.15) is 0 Å². The fourth-order valence-corrected chi connectivity index (χ4v) is 2.30. The molecule has 4 heteroatoms. The molecule has 0 heterocycles. The lowest BCUT2D eigenvalue weighted by molar-refractivity contribution is 0.364. The van der Waals surface area contributed by atoms with Crippen LogP contribution in [0.3, 0.4) is 0 Å². The van der Waals surface area contributed by atoms with Gasteiger partial charge >= 0.3 is 0 Å². The largest absolute Gasteiger partial charge is 0.305 e. The molecule has 1 aromatic carbocycles. The van der Waals surface area contributed by atoms with E-state index in [2.05, 4.69) is 11.0 Å². The molecule has 0 aliphatic rings. The van der Waals surface area contributed by atoms with Crippen molar-refractivity contribution in [1.29, 1.82) is 5.26 Å². The molecule has 0 aliphatic heterocycles. The van der Waals surface area contributed by atoms with Crippen LogP contribution < -0.4 is 0 Å². The molecule has 0 fully saturated rings. The van der Waals surface area contributed by atoms with Crippen molar-refractivity contribution >= 4 is 23.4 Å². The van der Waals surface area contributed by atoms with E-state index in [4.69, 9.17) is 16.9 Å². The maximum absolute atomic E-state index is 8.45. The van der Waals surface area contributed by atoms with Crippen LogP contribution in [0.15, 0.2) is 29.2 Å². The van der Waals surface area contributed by atoms with E-state index in [1.165, 1.54) is 4.90 Å². The van der Waals surface area contributed by atoms with Crippen LogP contribution in [0.2, 0.25) is 5.02 Å². The Kier molecular flexibility index (Phi) is 6.32. The molecule has 0 atom stereocenters. The second-order valence-corrected chi connectivity index (χ2v) is 5.12. The van der Waals surface area contributed by atoms with E-state index >= 15 is 0 Å². The average Bonchev–Trinajstić information content (AvgIpc) is 2.29. The molecular formula is C12H15ClN2S. The Morgan fingerprint density at radius 2 is 2.00 bits per heavy atom. The molecule has 0 aliphatic carbocycles. The molecule has 0 spiro atoms. The van der Waals surface area contributed by atoms with E-state index < -0.39 is 0 Å². The SMILES string of the molecule is CN(CCC#N)CCSc1ccc(Cl)cc1. The number of hydrogen-bond acceptors (Lipinski definition) is 3. The number of halogens is 1. The first-order valence-corrected chi connectivity index (χ1v) is 6.52. The van der Waals surface area contributed by atoms with Gasteiger partial charge in [0.15, 0.2) is 0 Å². The van der Waals surface area contributed by atoms with Gasteiger partial charge in [-0.05, 0) is 31.3 Å². The van der Waals surface area contributed by atoms with Crippen molar-refractivity contribution < 1.29 is 0 Å². The van der Waals surface area contributed by atoms with Crippen molar-refractivity contribution in [3.05, 3.63) is 29.3 Å². The summed E-state index contributed by atoms with van der Waals surface area (Å²) >= 11 is 7.61. The van der Waals surface area contributed by atoms with Gasteiger partial charge in [-0.25, -0.2) is 0 Å². The zero-order valence-electron chi connectivity index (χ0n) is 9.32. The lowest BCUT2D eigenvalue weighted by atomic mass is 10.4. The minimum atomic E-state index is 0.599. The van der Waals surface area contributed by atoms with E-state index in [-0.39, 0.29) is 0 Å². The third-order valence-electron chi connectivity index (χ3n) is 2.16. The normalized spacial score (nSPS) is 10.4. The molecule has 0 saturated carbocycles. The highest BCUT2D eigenvalue weighted by Crippen LogP contribution is 2.20. The van der Waals surface area contributed by atoms with Gasteiger partial charge in [0, 0.05) is 35.2 Å². The summed E-state index contributed by atoms with van der Waals surface area (Å²) in [7, 11) is 2.04. The molecule has 0 N–H and O–H groups in total. The molecule has 0 bridgehead atoms. The summed E-state index contributed by atoms with van der Waals surface area (Å²) in [6.07, 6.45) is 0.599. The summed E-state index contributed by atoms with van der Waals surface area (Å²) in [5, 5.41) is 9.22. The highest BCUT2D eigenvalue weighted by atomic mass is 35.5. The van der Waals surface area contributed by atoms with Crippen molar-refractivity contribution in [3.63, 3.8) is 0 Å². The number of nitriles is 1. The predicted octanol–water partition coefficient (Wildman–Crippen LogP) is 3.28. The van der Waals surface area contributed by atoms with Gasteiger partial charge < -0.3 is 4.90 Å². The summed E-state index contributed by atoms with van der Waals surface area (Å²) in [6, 6.07) is 10.0. The Morgan fingerprint density at radius 3 is 2.62 bits per heavy atom. The smallest absolute Gasteiger partial charge is 0.0635 e. The molecule has 1 rings (SSSR count). The Balaban J connectivity index is 2.20. The van der Waals surface area contributed by atoms with Gasteiger partial charge in [-0.1, -0.05) is 11.6 Å². The van der Waals surface area contributed by atoms with Crippen molar-refractivity contribution in [2.45, 2.75) is 11.3 Å². The molecule has 0 radical (unpaired) electrons. The minimum absolute atomic E-state index is 0.599. The maximum Gasteiger partial charge on any atom is 0.0635 e. The molecule has 16 heavy (non-hydrogen) atoms. The molecular weight excluding hydrogens is 240 g/mol. The maximum atomic E-state index is 8.45. The van der Waals surface area contributed by atoms with Gasteiger partial charge in [0.25, 0.3) is 0 Å². The highest BCUT2D eigenvalue weighted by Gasteiger charge is 1.99. The first kappa shape index (κ1) is 13.4. The van der Waals surface area contributed by atoms with Crippen LogP contribution in [0, 0.1) is 11.3 Å². The molecule has 86 valence electrons. The van der Waals surface area contributed by atoms with Crippen molar-refractivity contribution in [1.82, 2.24) is 4.90 Å². The van der Waals surface area contributed by atoms with Gasteiger partial charge in [-0.15, -0.1) is 11.8 Å². The Bertz CT molecular complexity index is 345. The summed E-state index contributed by atoms with van der Waals surface area (Å²) in [6.45, 7) is 1.84. The fourth-order valence-electron chi connectivity index (χ4n) is 1.20. The molecule has 0 amide bonds. The van der Waals surface area contributed by atoms with E-state index in [0.29, 0.717) is 6.42 Å². The van der Waals surface area contributed by atoms with Crippen LogP contribution in [0.1, 0.15) is 6.42 Å². The van der Waals surface area contributed by atoms with E-state index in [0.717, 1.165) is 23.9 Å². The first-order valence-electron chi connectivity index (χ1n) is 5.16. The Hall–Kier alpha value is -0.690. The highest BCUT2D eigenvalue weighted by molar-refractivity contribution is 7.99. The molecule has 0 aromatic heterocycles. The summed E-state index contributed by atoms with van der Waals surface area (Å²) < 4.78 is 0. The molecule has 0 saturated heterocycles. The molecule has 1 aromatic rings. The molecule has 0 unspecified atom stereocenters. The lowest BCUT2D eigenvalue weighted by Gasteiger charge is -2.13. The van der Waals surface area contributed by atoms with Crippen LogP contribution in [-0.4, -0.2) is 30.8 Å². The monoisotopic (exact) mass is 254 g/mol. The van der Waals surface area contributed by atoms with E-state index in [1.54, 1.807) is 0 Å². The van der Waals surface area contributed by atoms with E-state index in [1.807, 2.05) is 43.1 Å². The number of rotatable bonds is 6. The van der Waals surface area contributed by atoms with Gasteiger partial charge in [0.2, 0.25) is 0 Å². The minimum Gasteiger partial charge on any atom is -0.305 e. The summed E-state index contributed by atoms with van der Waals surface area (Å²) in [5.74, 6) is 1.03. The summed E-state index contributed by atoms with van der Waals surface area (Å²) in [4.78, 5) is 3.41. The third-order valence-corrected chi connectivity index (χ3v) is 3.40. The van der Waals surface area contributed by atoms with Crippen molar-refractivity contribution in [2.75, 3.05) is 25.9 Å². The second kappa shape index (κ2) is 7.56. The zero-order valence-corrected chi connectivity index (χ0v) is 10.9. The zero-order chi connectivity index (χ0) is 11.8. The third kappa shape index (κ3) is 5.41. The Labute approximate surface area is 106 Å². The second-order valence-electron chi connectivity index (χ2n) is 3.51. The molecule has 2 nitrogen and oxygen atoms in total. The Morgan fingerprint density at radius 1 is 1.31 bits per heavy atom. The van der Waals surface area contributed by atoms with Crippen molar-refractivity contribution in [3.8, 4) is 6.07 Å². The fraction of sp³-hybridized carbons (Fsp3) is 0.417. The number of benzene rings is 1. The predicted molar refractivity (Wildman–Crippen MR) is 69.9 cm³/mol. The standard InChI is InChI=1S/C12H15ClN2S/c1-15(8-2-7-14)9-10-16-12-5-3-11(13)4-6-12/h3-6H,2,8-10H2,1H3. The van der Waals surface area contributed by atoms with Crippen LogP contribution in [0.5, 0.6) is 0 Å². The average molecular weight is 255 g/mol. The van der Waals surface area contributed by atoms with Gasteiger partial charge in [-0.3, -0.25) is 0 Å². The topological polar surface area (TPSA) is 27.0 Å². The van der Waals surface area contributed by atoms with Gasteiger partial charge in [0.05, 0.1) is 6.07 Å². The van der Waals surface area contributed by atoms with E-state index in [9.17, 15) is 0 Å². The van der Waals surface area contributed by atoms with Crippen LogP contribution in [0.25, 0.3) is 0 Å². The van der Waals surface area contributed by atoms with Crippen LogP contribution in [0.4, 0.5) is 0 Å².